The molecule has 0 aliphatic heterocycles. The van der Waals surface area contributed by atoms with Crippen molar-refractivity contribution in [1.29, 1.82) is 0 Å². The third-order valence-electron chi connectivity index (χ3n) is 2.40. The van der Waals surface area contributed by atoms with Crippen LogP contribution in [0.3, 0.4) is 0 Å². The Morgan fingerprint density at radius 2 is 2.00 bits per heavy atom. The number of carboxylic acid groups (broad SMARTS) is 1. The third kappa shape index (κ3) is 4.69. The standard InChI is InChI=1S/C12H14ClNO6S/c1-3-20-12(17)8-4-9(13)6-10(5-8)21(18,19)14-7(2)11(15)16/h4-7,14H,3H2,1-2H3,(H,15,16). The molecule has 1 unspecified atom stereocenters. The van der Waals surface area contributed by atoms with Gasteiger partial charge in [0.25, 0.3) is 0 Å². The number of hydrogen-bond acceptors (Lipinski definition) is 5. The summed E-state index contributed by atoms with van der Waals surface area (Å²) in [6.45, 7) is 2.91. The van der Waals surface area contributed by atoms with Crippen LogP contribution < -0.4 is 4.72 Å². The van der Waals surface area contributed by atoms with E-state index >= 15 is 0 Å². The fourth-order valence-corrected chi connectivity index (χ4v) is 2.97. The molecule has 0 bridgehead atoms. The molecule has 0 fully saturated rings. The van der Waals surface area contributed by atoms with E-state index in [-0.39, 0.29) is 22.1 Å². The summed E-state index contributed by atoms with van der Waals surface area (Å²) in [7, 11) is -4.12. The average Bonchev–Trinajstić information content (AvgIpc) is 2.37. The van der Waals surface area contributed by atoms with Crippen molar-refractivity contribution in [2.24, 2.45) is 0 Å². The van der Waals surface area contributed by atoms with Crippen molar-refractivity contribution in [3.63, 3.8) is 0 Å². The third-order valence-corrected chi connectivity index (χ3v) is 4.13. The van der Waals surface area contributed by atoms with Gasteiger partial charge in [-0.2, -0.15) is 4.72 Å². The molecule has 1 aromatic rings. The number of hydrogen-bond donors (Lipinski definition) is 2. The molecule has 0 amide bonds. The molecule has 0 radical (unpaired) electrons. The van der Waals surface area contributed by atoms with Gasteiger partial charge in [-0.3, -0.25) is 4.79 Å². The lowest BCUT2D eigenvalue weighted by atomic mass is 10.2. The first kappa shape index (κ1) is 17.4. The highest BCUT2D eigenvalue weighted by Crippen LogP contribution is 2.20. The second kappa shape index (κ2) is 6.88. The summed E-state index contributed by atoms with van der Waals surface area (Å²) in [6.07, 6.45) is 0. The number of carboxylic acids is 1. The minimum Gasteiger partial charge on any atom is -0.480 e. The summed E-state index contributed by atoms with van der Waals surface area (Å²) in [5.74, 6) is -2.05. The van der Waals surface area contributed by atoms with E-state index in [4.69, 9.17) is 21.4 Å². The summed E-state index contributed by atoms with van der Waals surface area (Å²) in [6, 6.07) is 2.13. The molecular weight excluding hydrogens is 322 g/mol. The van der Waals surface area contributed by atoms with Crippen molar-refractivity contribution >= 4 is 33.6 Å². The second-order valence-electron chi connectivity index (χ2n) is 4.08. The first-order valence-corrected chi connectivity index (χ1v) is 7.76. The minimum absolute atomic E-state index is 0.0175. The molecule has 0 aliphatic carbocycles. The maximum absolute atomic E-state index is 12.0. The maximum atomic E-state index is 12.0. The van der Waals surface area contributed by atoms with E-state index in [1.807, 2.05) is 4.72 Å². The number of benzene rings is 1. The molecule has 2 N–H and O–H groups in total. The van der Waals surface area contributed by atoms with Crippen LogP contribution in [0.1, 0.15) is 24.2 Å². The van der Waals surface area contributed by atoms with Gasteiger partial charge in [0, 0.05) is 5.02 Å². The Balaban J connectivity index is 3.18. The van der Waals surface area contributed by atoms with Crippen molar-refractivity contribution in [3.8, 4) is 0 Å². The summed E-state index contributed by atoms with van der Waals surface area (Å²) < 4.78 is 30.8. The van der Waals surface area contributed by atoms with E-state index < -0.39 is 28.0 Å². The van der Waals surface area contributed by atoms with Gasteiger partial charge in [0.15, 0.2) is 0 Å². The van der Waals surface area contributed by atoms with E-state index in [1.54, 1.807) is 6.92 Å². The Morgan fingerprint density at radius 3 is 2.52 bits per heavy atom. The molecule has 1 atom stereocenters. The Bertz CT molecular complexity index is 658. The van der Waals surface area contributed by atoms with Crippen LogP contribution in [0.15, 0.2) is 23.1 Å². The molecule has 9 heteroatoms. The molecule has 0 spiro atoms. The summed E-state index contributed by atoms with van der Waals surface area (Å²) >= 11 is 5.78. The van der Waals surface area contributed by atoms with E-state index in [9.17, 15) is 18.0 Å². The van der Waals surface area contributed by atoms with Crippen molar-refractivity contribution < 1.29 is 27.9 Å². The second-order valence-corrected chi connectivity index (χ2v) is 6.23. The Morgan fingerprint density at radius 1 is 1.38 bits per heavy atom. The van der Waals surface area contributed by atoms with Crippen molar-refractivity contribution in [1.82, 2.24) is 4.72 Å². The van der Waals surface area contributed by atoms with Crippen molar-refractivity contribution in [2.45, 2.75) is 24.8 Å². The molecule has 116 valence electrons. The lowest BCUT2D eigenvalue weighted by Crippen LogP contribution is -2.38. The minimum atomic E-state index is -4.12. The summed E-state index contributed by atoms with van der Waals surface area (Å²) in [5, 5.41) is 8.75. The molecular formula is C12H14ClNO6S. The predicted molar refractivity (Wildman–Crippen MR) is 74.8 cm³/mol. The number of esters is 1. The van der Waals surface area contributed by atoms with Crippen LogP contribution in [-0.4, -0.2) is 38.1 Å². The number of halogens is 1. The molecule has 0 saturated heterocycles. The number of nitrogens with one attached hydrogen (secondary N) is 1. The molecule has 1 aromatic carbocycles. The van der Waals surface area contributed by atoms with Crippen LogP contribution in [0.5, 0.6) is 0 Å². The van der Waals surface area contributed by atoms with Gasteiger partial charge < -0.3 is 9.84 Å². The highest BCUT2D eigenvalue weighted by Gasteiger charge is 2.23. The summed E-state index contributed by atoms with van der Waals surface area (Å²) in [5.41, 5.74) is -0.0345. The van der Waals surface area contributed by atoms with Crippen molar-refractivity contribution in [2.75, 3.05) is 6.61 Å². The van der Waals surface area contributed by atoms with Crippen LogP contribution in [0.4, 0.5) is 0 Å². The fraction of sp³-hybridized carbons (Fsp3) is 0.333. The first-order valence-electron chi connectivity index (χ1n) is 5.90. The zero-order valence-corrected chi connectivity index (χ0v) is 12.9. The molecule has 7 nitrogen and oxygen atoms in total. The zero-order chi connectivity index (χ0) is 16.2. The Hall–Kier alpha value is -1.64. The number of ether oxygens (including phenoxy) is 1. The van der Waals surface area contributed by atoms with Gasteiger partial charge in [0.2, 0.25) is 10.0 Å². The Labute approximate surface area is 126 Å². The number of aliphatic carboxylic acids is 1. The smallest absolute Gasteiger partial charge is 0.338 e. The monoisotopic (exact) mass is 335 g/mol. The molecule has 1 rings (SSSR count). The van der Waals surface area contributed by atoms with Crippen molar-refractivity contribution in [3.05, 3.63) is 28.8 Å². The number of sulfonamides is 1. The van der Waals surface area contributed by atoms with Gasteiger partial charge in [-0.1, -0.05) is 11.6 Å². The lowest BCUT2D eigenvalue weighted by molar-refractivity contribution is -0.138. The van der Waals surface area contributed by atoms with Crippen LogP contribution >= 0.6 is 11.6 Å². The average molecular weight is 336 g/mol. The lowest BCUT2D eigenvalue weighted by Gasteiger charge is -2.11. The maximum Gasteiger partial charge on any atom is 0.338 e. The normalized spacial score (nSPS) is 12.7. The first-order chi connectivity index (χ1) is 9.67. The number of carbonyl (C=O) groups is 2. The predicted octanol–water partition coefficient (Wildman–Crippen LogP) is 1.27. The van der Waals surface area contributed by atoms with Gasteiger partial charge in [-0.25, -0.2) is 13.2 Å². The SMILES string of the molecule is CCOC(=O)c1cc(Cl)cc(S(=O)(=O)NC(C)C(=O)O)c1. The summed E-state index contributed by atoms with van der Waals surface area (Å²) in [4.78, 5) is 22.0. The molecule has 0 aromatic heterocycles. The van der Waals surface area contributed by atoms with Crippen LogP contribution in [0.25, 0.3) is 0 Å². The Kier molecular flexibility index (Phi) is 5.70. The molecule has 21 heavy (non-hydrogen) atoms. The van der Waals surface area contributed by atoms with Crippen LogP contribution in [0, 0.1) is 0 Å². The van der Waals surface area contributed by atoms with E-state index in [0.717, 1.165) is 12.1 Å². The van der Waals surface area contributed by atoms with Gasteiger partial charge in [-0.05, 0) is 32.0 Å². The highest BCUT2D eigenvalue weighted by atomic mass is 35.5. The number of rotatable bonds is 6. The van der Waals surface area contributed by atoms with E-state index in [1.165, 1.54) is 13.0 Å². The van der Waals surface area contributed by atoms with Gasteiger partial charge >= 0.3 is 11.9 Å². The fourth-order valence-electron chi connectivity index (χ4n) is 1.40. The molecule has 0 saturated carbocycles. The molecule has 0 heterocycles. The van der Waals surface area contributed by atoms with Crippen LogP contribution in [0.2, 0.25) is 5.02 Å². The van der Waals surface area contributed by atoms with E-state index in [2.05, 4.69) is 0 Å². The molecule has 0 aliphatic rings. The highest BCUT2D eigenvalue weighted by molar-refractivity contribution is 7.89. The van der Waals surface area contributed by atoms with E-state index in [0.29, 0.717) is 0 Å². The van der Waals surface area contributed by atoms with Crippen LogP contribution in [-0.2, 0) is 19.6 Å². The van der Waals surface area contributed by atoms with Gasteiger partial charge in [-0.15, -0.1) is 0 Å². The van der Waals surface area contributed by atoms with Gasteiger partial charge in [0.1, 0.15) is 6.04 Å². The topological polar surface area (TPSA) is 110 Å². The number of carbonyl (C=O) groups excluding carboxylic acids is 1. The largest absolute Gasteiger partial charge is 0.480 e. The zero-order valence-electron chi connectivity index (χ0n) is 11.3. The van der Waals surface area contributed by atoms with Gasteiger partial charge in [0.05, 0.1) is 17.1 Å². The quantitative estimate of drug-likeness (QED) is 0.757.